The van der Waals surface area contributed by atoms with E-state index >= 15 is 0 Å². The van der Waals surface area contributed by atoms with Crippen LogP contribution >= 0.6 is 0 Å². The maximum absolute atomic E-state index is 11.9. The van der Waals surface area contributed by atoms with Gasteiger partial charge in [-0.15, -0.1) is 0 Å². The maximum Gasteiger partial charge on any atom is 0.343 e. The number of rotatable bonds is 6. The standard InChI is InChI=1S/C21H27N3O2Si/c1-5-24-19(22-23-20(24)25)16-26-27(21(2,3)4,17-12-8-6-9-13-17)18-14-10-7-11-15-18/h6-15H,5,16H2,1-4H3,(H,23,25). The lowest BCUT2D eigenvalue weighted by molar-refractivity contribution is 0.270. The molecule has 0 bridgehead atoms. The Hall–Kier alpha value is -2.44. The molecule has 1 N–H and O–H groups in total. The number of aromatic nitrogens is 3. The fourth-order valence-corrected chi connectivity index (χ4v) is 8.22. The molecule has 0 aliphatic carbocycles. The molecular formula is C21H27N3O2Si. The molecule has 1 aromatic heterocycles. The third-order valence-corrected chi connectivity index (χ3v) is 9.97. The summed E-state index contributed by atoms with van der Waals surface area (Å²) in [7, 11) is -2.63. The maximum atomic E-state index is 11.9. The van der Waals surface area contributed by atoms with Gasteiger partial charge in [-0.2, -0.15) is 5.10 Å². The van der Waals surface area contributed by atoms with Crippen molar-refractivity contribution >= 4 is 18.7 Å². The summed E-state index contributed by atoms with van der Waals surface area (Å²) in [6.45, 7) is 9.49. The zero-order valence-corrected chi connectivity index (χ0v) is 17.4. The average Bonchev–Trinajstić information content (AvgIpc) is 3.02. The third kappa shape index (κ3) is 3.55. The Balaban J connectivity index is 2.13. The minimum absolute atomic E-state index is 0.108. The number of H-pyrrole nitrogens is 1. The molecule has 0 spiro atoms. The molecule has 1 heterocycles. The van der Waals surface area contributed by atoms with Crippen LogP contribution in [0.25, 0.3) is 0 Å². The quantitative estimate of drug-likeness (QED) is 0.668. The van der Waals surface area contributed by atoms with Crippen LogP contribution in [0.3, 0.4) is 0 Å². The molecule has 0 fully saturated rings. The van der Waals surface area contributed by atoms with E-state index in [1.807, 2.05) is 19.1 Å². The predicted molar refractivity (Wildman–Crippen MR) is 111 cm³/mol. The van der Waals surface area contributed by atoms with Gasteiger partial charge >= 0.3 is 5.69 Å². The van der Waals surface area contributed by atoms with Crippen molar-refractivity contribution in [3.05, 3.63) is 77.0 Å². The van der Waals surface area contributed by atoms with E-state index in [0.29, 0.717) is 19.0 Å². The fourth-order valence-electron chi connectivity index (χ4n) is 3.72. The first kappa shape index (κ1) is 19.3. The van der Waals surface area contributed by atoms with Gasteiger partial charge in [0.05, 0.1) is 6.61 Å². The molecule has 0 saturated heterocycles. The summed E-state index contributed by atoms with van der Waals surface area (Å²) in [5.41, 5.74) is -0.196. The van der Waals surface area contributed by atoms with Crippen LogP contribution in [0, 0.1) is 0 Å². The third-order valence-electron chi connectivity index (χ3n) is 4.99. The Morgan fingerprint density at radius 2 is 1.52 bits per heavy atom. The van der Waals surface area contributed by atoms with Crippen LogP contribution < -0.4 is 16.1 Å². The van der Waals surface area contributed by atoms with Crippen LogP contribution in [0.15, 0.2) is 65.5 Å². The summed E-state index contributed by atoms with van der Waals surface area (Å²) < 4.78 is 8.43. The monoisotopic (exact) mass is 381 g/mol. The normalized spacial score (nSPS) is 12.3. The predicted octanol–water partition coefficient (Wildman–Crippen LogP) is 2.67. The van der Waals surface area contributed by atoms with E-state index in [9.17, 15) is 4.79 Å². The smallest absolute Gasteiger partial charge is 0.343 e. The second-order valence-corrected chi connectivity index (χ2v) is 11.9. The van der Waals surface area contributed by atoms with E-state index in [1.165, 1.54) is 10.4 Å². The lowest BCUT2D eigenvalue weighted by atomic mass is 10.2. The molecule has 3 rings (SSSR count). The molecule has 5 nitrogen and oxygen atoms in total. The number of nitrogens with zero attached hydrogens (tertiary/aromatic N) is 2. The summed E-state index contributed by atoms with van der Waals surface area (Å²) in [6, 6.07) is 20.9. The molecular weight excluding hydrogens is 354 g/mol. The van der Waals surface area contributed by atoms with Gasteiger partial charge in [0.15, 0.2) is 5.82 Å². The van der Waals surface area contributed by atoms with Gasteiger partial charge < -0.3 is 4.43 Å². The van der Waals surface area contributed by atoms with E-state index in [2.05, 4.69) is 79.5 Å². The number of hydrogen-bond acceptors (Lipinski definition) is 3. The number of benzene rings is 2. The SMILES string of the molecule is CCn1c(CO[Si](c2ccccc2)(c2ccccc2)C(C)(C)C)n[nH]c1=O. The molecule has 6 heteroatoms. The fraction of sp³-hybridized carbons (Fsp3) is 0.333. The van der Waals surface area contributed by atoms with Gasteiger partial charge in [-0.05, 0) is 22.3 Å². The lowest BCUT2D eigenvalue weighted by Crippen LogP contribution is -2.66. The zero-order chi connectivity index (χ0) is 19.5. The van der Waals surface area contributed by atoms with E-state index in [-0.39, 0.29) is 10.7 Å². The Morgan fingerprint density at radius 1 is 1.00 bits per heavy atom. The second-order valence-electron chi connectivity index (χ2n) is 7.64. The van der Waals surface area contributed by atoms with Gasteiger partial charge in [0.25, 0.3) is 8.32 Å². The summed E-state index contributed by atoms with van der Waals surface area (Å²) in [5.74, 6) is 0.635. The molecule has 0 atom stereocenters. The van der Waals surface area contributed by atoms with Crippen molar-refractivity contribution in [3.8, 4) is 0 Å². The van der Waals surface area contributed by atoms with Gasteiger partial charge in [0.1, 0.15) is 0 Å². The largest absolute Gasteiger partial charge is 0.400 e. The highest BCUT2D eigenvalue weighted by atomic mass is 28.4. The Bertz CT molecular complexity index is 888. The van der Waals surface area contributed by atoms with Gasteiger partial charge in [-0.25, -0.2) is 9.89 Å². The molecule has 0 unspecified atom stereocenters. The molecule has 142 valence electrons. The molecule has 0 saturated carbocycles. The molecule has 2 aromatic carbocycles. The average molecular weight is 382 g/mol. The van der Waals surface area contributed by atoms with Crippen LogP contribution in [0.4, 0.5) is 0 Å². The van der Waals surface area contributed by atoms with E-state index < -0.39 is 8.32 Å². The van der Waals surface area contributed by atoms with Crippen LogP contribution in [0.5, 0.6) is 0 Å². The molecule has 0 aliphatic rings. The van der Waals surface area contributed by atoms with Gasteiger partial charge in [-0.1, -0.05) is 81.4 Å². The van der Waals surface area contributed by atoms with E-state index in [0.717, 1.165) is 0 Å². The van der Waals surface area contributed by atoms with Gasteiger partial charge in [0, 0.05) is 6.54 Å². The van der Waals surface area contributed by atoms with Crippen molar-refractivity contribution < 1.29 is 4.43 Å². The first-order valence-electron chi connectivity index (χ1n) is 9.29. The van der Waals surface area contributed by atoms with Crippen molar-refractivity contribution in [1.29, 1.82) is 0 Å². The first-order valence-corrected chi connectivity index (χ1v) is 11.2. The van der Waals surface area contributed by atoms with Crippen LogP contribution in [-0.4, -0.2) is 23.1 Å². The molecule has 27 heavy (non-hydrogen) atoms. The topological polar surface area (TPSA) is 59.9 Å². The van der Waals surface area contributed by atoms with Gasteiger partial charge in [0.2, 0.25) is 0 Å². The van der Waals surface area contributed by atoms with Crippen molar-refractivity contribution in [3.63, 3.8) is 0 Å². The van der Waals surface area contributed by atoms with Crippen molar-refractivity contribution in [2.75, 3.05) is 0 Å². The van der Waals surface area contributed by atoms with Crippen LogP contribution in [0.1, 0.15) is 33.5 Å². The Kier molecular flexibility index (Phi) is 5.48. The Morgan fingerprint density at radius 3 is 1.96 bits per heavy atom. The molecule has 0 aliphatic heterocycles. The molecule has 0 radical (unpaired) electrons. The lowest BCUT2D eigenvalue weighted by Gasteiger charge is -2.42. The minimum Gasteiger partial charge on any atom is -0.400 e. The van der Waals surface area contributed by atoms with E-state index in [1.54, 1.807) is 4.57 Å². The molecule has 3 aromatic rings. The zero-order valence-electron chi connectivity index (χ0n) is 16.4. The van der Waals surface area contributed by atoms with Gasteiger partial charge in [-0.3, -0.25) is 4.57 Å². The summed E-state index contributed by atoms with van der Waals surface area (Å²) >= 11 is 0. The van der Waals surface area contributed by atoms with Crippen molar-refractivity contribution in [2.45, 2.75) is 45.9 Å². The number of hydrogen-bond donors (Lipinski definition) is 1. The molecule has 0 amide bonds. The highest BCUT2D eigenvalue weighted by Gasteiger charge is 2.50. The van der Waals surface area contributed by atoms with Crippen LogP contribution in [0.2, 0.25) is 5.04 Å². The summed E-state index contributed by atoms with van der Waals surface area (Å²) in [5, 5.41) is 9.03. The number of aromatic amines is 1. The van der Waals surface area contributed by atoms with Crippen molar-refractivity contribution in [1.82, 2.24) is 14.8 Å². The summed E-state index contributed by atoms with van der Waals surface area (Å²) in [6.07, 6.45) is 0. The van der Waals surface area contributed by atoms with Crippen molar-refractivity contribution in [2.24, 2.45) is 0 Å². The Labute approximate surface area is 161 Å². The highest BCUT2D eigenvalue weighted by Crippen LogP contribution is 2.37. The number of nitrogens with one attached hydrogen (secondary N) is 1. The minimum atomic E-state index is -2.63. The highest BCUT2D eigenvalue weighted by molar-refractivity contribution is 6.99. The summed E-state index contributed by atoms with van der Waals surface area (Å²) in [4.78, 5) is 11.9. The van der Waals surface area contributed by atoms with Crippen LogP contribution in [-0.2, 0) is 17.6 Å². The second kappa shape index (κ2) is 7.66. The first-order chi connectivity index (χ1) is 12.9. The van der Waals surface area contributed by atoms with E-state index in [4.69, 9.17) is 4.43 Å².